The third kappa shape index (κ3) is 7.06. The molecule has 2 aliphatic rings. The zero-order chi connectivity index (χ0) is 27.9. The van der Waals surface area contributed by atoms with Crippen molar-refractivity contribution < 1.29 is 19.0 Å². The van der Waals surface area contributed by atoms with Crippen LogP contribution in [0.5, 0.6) is 11.5 Å². The fourth-order valence-corrected chi connectivity index (χ4v) is 5.89. The van der Waals surface area contributed by atoms with Crippen molar-refractivity contribution in [2.75, 3.05) is 19.6 Å². The third-order valence-corrected chi connectivity index (χ3v) is 8.07. The Labute approximate surface area is 242 Å². The van der Waals surface area contributed by atoms with Gasteiger partial charge < -0.3 is 19.1 Å². The fraction of sp³-hybridized carbons (Fsp3) is 0.371. The number of ether oxygens (including phenoxy) is 3. The number of benzene rings is 3. The van der Waals surface area contributed by atoms with E-state index in [1.807, 2.05) is 60.7 Å². The van der Waals surface area contributed by atoms with Gasteiger partial charge in [-0.1, -0.05) is 61.0 Å². The van der Waals surface area contributed by atoms with Crippen LogP contribution in [-0.2, 0) is 29.0 Å². The van der Waals surface area contributed by atoms with E-state index in [1.54, 1.807) is 0 Å². The van der Waals surface area contributed by atoms with Crippen LogP contribution in [0.2, 0.25) is 0 Å². The number of likely N-dealkylation sites (tertiary alicyclic amines) is 1. The number of hydrogen-bond donors (Lipinski definition) is 0. The van der Waals surface area contributed by atoms with Gasteiger partial charge in [0.1, 0.15) is 18.1 Å². The average Bonchev–Trinajstić information content (AvgIpc) is 3.01. The largest absolute Gasteiger partial charge is 0.487 e. The summed E-state index contributed by atoms with van der Waals surface area (Å²) >= 11 is 0. The van der Waals surface area contributed by atoms with Crippen LogP contribution < -0.4 is 9.47 Å². The van der Waals surface area contributed by atoms with Crippen LogP contribution in [0.15, 0.2) is 84.9 Å². The monoisotopic (exact) mass is 550 g/mol. The number of aromatic nitrogens is 1. The number of carbonyl (C=O) groups excluding carboxylic acids is 1. The number of fused-ring (bicyclic) bond motifs is 2. The highest BCUT2D eigenvalue weighted by atomic mass is 16.7. The number of piperidine rings is 1. The van der Waals surface area contributed by atoms with Crippen LogP contribution in [0.1, 0.15) is 55.3 Å². The molecule has 0 radical (unpaired) electrons. The quantitative estimate of drug-likeness (QED) is 0.201. The molecule has 4 aromatic rings. The normalized spacial score (nSPS) is 18.8. The van der Waals surface area contributed by atoms with Crippen molar-refractivity contribution in [1.82, 2.24) is 9.88 Å². The summed E-state index contributed by atoms with van der Waals surface area (Å²) in [5.74, 6) is 0.301. The number of esters is 1. The van der Waals surface area contributed by atoms with Crippen molar-refractivity contribution >= 4 is 16.9 Å². The van der Waals surface area contributed by atoms with Crippen molar-refractivity contribution in [3.05, 3.63) is 102 Å². The maximum absolute atomic E-state index is 13.1. The molecule has 0 saturated carbocycles. The van der Waals surface area contributed by atoms with Crippen LogP contribution in [0.3, 0.4) is 0 Å². The molecule has 2 aliphatic heterocycles. The lowest BCUT2D eigenvalue weighted by Gasteiger charge is -2.38. The Kier molecular flexibility index (Phi) is 8.47. The lowest BCUT2D eigenvalue weighted by atomic mass is 9.94. The predicted octanol–water partition coefficient (Wildman–Crippen LogP) is 6.89. The van der Waals surface area contributed by atoms with E-state index in [2.05, 4.69) is 29.2 Å². The Balaban J connectivity index is 1.11. The molecule has 1 aromatic heterocycles. The fourth-order valence-electron chi connectivity index (χ4n) is 5.89. The van der Waals surface area contributed by atoms with Gasteiger partial charge in [0.2, 0.25) is 0 Å². The molecule has 0 aliphatic carbocycles. The van der Waals surface area contributed by atoms with E-state index < -0.39 is 5.79 Å². The van der Waals surface area contributed by atoms with Gasteiger partial charge >= 0.3 is 5.97 Å². The van der Waals surface area contributed by atoms with E-state index in [0.717, 1.165) is 71.7 Å². The van der Waals surface area contributed by atoms with Crippen molar-refractivity contribution in [2.24, 2.45) is 0 Å². The molecule has 0 amide bonds. The molecule has 1 fully saturated rings. The minimum atomic E-state index is -1.02. The zero-order valence-electron chi connectivity index (χ0n) is 23.6. The van der Waals surface area contributed by atoms with Gasteiger partial charge in [-0.3, -0.25) is 4.79 Å². The minimum absolute atomic E-state index is 0.191. The van der Waals surface area contributed by atoms with Gasteiger partial charge in [0.25, 0.3) is 5.79 Å². The van der Waals surface area contributed by atoms with Crippen molar-refractivity contribution in [3.8, 4) is 11.5 Å². The molecule has 1 saturated heterocycles. The summed E-state index contributed by atoms with van der Waals surface area (Å²) in [6.45, 7) is 3.61. The molecule has 0 N–H and O–H groups in total. The van der Waals surface area contributed by atoms with E-state index in [9.17, 15) is 4.79 Å². The van der Waals surface area contributed by atoms with Crippen LogP contribution in [0.25, 0.3) is 10.9 Å². The Morgan fingerprint density at radius 1 is 0.927 bits per heavy atom. The Morgan fingerprint density at radius 2 is 1.76 bits per heavy atom. The number of para-hydroxylation sites is 1. The summed E-state index contributed by atoms with van der Waals surface area (Å²) in [4.78, 5) is 20.2. The summed E-state index contributed by atoms with van der Waals surface area (Å²) in [5, 5.41) is 1.11. The Bertz CT molecular complexity index is 1470. The standard InChI is InChI=1S/C35H38N2O4/c38-34(14-9-23-37-21-7-2-8-22-37)41-35(25-27-10-3-1-4-11-27)20-19-29-24-31(17-18-33(29)40-35)39-26-30-16-15-28-12-5-6-13-32(28)36-30/h1,3-6,10-13,15-18,24H,2,7-9,14,19-23,25-26H2. The number of rotatable bonds is 10. The molecule has 6 rings (SSSR count). The SMILES string of the molecule is O=C(CCCN1CCCCC1)OC1(Cc2ccccc2)CCc2cc(OCc3ccc4ccccc4n3)ccc2O1. The molecule has 6 heteroatoms. The third-order valence-electron chi connectivity index (χ3n) is 8.07. The van der Waals surface area contributed by atoms with Crippen molar-refractivity contribution in [1.29, 1.82) is 0 Å². The molecule has 3 heterocycles. The van der Waals surface area contributed by atoms with E-state index in [0.29, 0.717) is 25.9 Å². The summed E-state index contributed by atoms with van der Waals surface area (Å²) in [6, 6.07) is 28.2. The second-order valence-corrected chi connectivity index (χ2v) is 11.2. The molecule has 0 bridgehead atoms. The van der Waals surface area contributed by atoms with E-state index in [4.69, 9.17) is 19.2 Å². The van der Waals surface area contributed by atoms with Crippen LogP contribution in [0.4, 0.5) is 0 Å². The average molecular weight is 551 g/mol. The first-order valence-electron chi connectivity index (χ1n) is 14.9. The summed E-state index contributed by atoms with van der Waals surface area (Å²) in [5.41, 5.74) is 3.98. The summed E-state index contributed by atoms with van der Waals surface area (Å²) < 4.78 is 18.8. The smallest absolute Gasteiger partial charge is 0.309 e. The van der Waals surface area contributed by atoms with Gasteiger partial charge in [0.05, 0.1) is 17.6 Å². The molecule has 1 atom stereocenters. The van der Waals surface area contributed by atoms with Gasteiger partial charge in [0.15, 0.2) is 0 Å². The van der Waals surface area contributed by atoms with Crippen LogP contribution in [0, 0.1) is 0 Å². The van der Waals surface area contributed by atoms with Gasteiger partial charge in [-0.05, 0) is 86.8 Å². The molecular weight excluding hydrogens is 512 g/mol. The zero-order valence-corrected chi connectivity index (χ0v) is 23.6. The van der Waals surface area contributed by atoms with Crippen molar-refractivity contribution in [2.45, 2.75) is 63.8 Å². The topological polar surface area (TPSA) is 60.9 Å². The highest BCUT2D eigenvalue weighted by molar-refractivity contribution is 5.78. The number of hydrogen-bond acceptors (Lipinski definition) is 6. The first kappa shape index (κ1) is 27.3. The number of nitrogens with zero attached hydrogens (tertiary/aromatic N) is 2. The second-order valence-electron chi connectivity index (χ2n) is 11.2. The Hall–Kier alpha value is -3.90. The Morgan fingerprint density at radius 3 is 2.63 bits per heavy atom. The van der Waals surface area contributed by atoms with E-state index in [-0.39, 0.29) is 5.97 Å². The molecule has 0 spiro atoms. The molecular formula is C35H38N2O4. The number of aryl methyl sites for hydroxylation is 1. The maximum Gasteiger partial charge on any atom is 0.309 e. The van der Waals surface area contributed by atoms with Gasteiger partial charge in [-0.15, -0.1) is 0 Å². The first-order chi connectivity index (χ1) is 20.1. The van der Waals surface area contributed by atoms with E-state index in [1.165, 1.54) is 19.3 Å². The van der Waals surface area contributed by atoms with Gasteiger partial charge in [-0.25, -0.2) is 4.98 Å². The van der Waals surface area contributed by atoms with Crippen LogP contribution >= 0.6 is 0 Å². The van der Waals surface area contributed by atoms with Gasteiger partial charge in [0, 0.05) is 18.2 Å². The highest BCUT2D eigenvalue weighted by Gasteiger charge is 2.40. The predicted molar refractivity (Wildman–Crippen MR) is 160 cm³/mol. The lowest BCUT2D eigenvalue weighted by Crippen LogP contribution is -2.46. The number of carbonyl (C=O) groups is 1. The summed E-state index contributed by atoms with van der Waals surface area (Å²) in [6.07, 6.45) is 6.86. The molecule has 212 valence electrons. The van der Waals surface area contributed by atoms with E-state index >= 15 is 0 Å². The second kappa shape index (κ2) is 12.7. The number of pyridine rings is 1. The molecule has 41 heavy (non-hydrogen) atoms. The van der Waals surface area contributed by atoms with Crippen LogP contribution in [-0.4, -0.2) is 41.3 Å². The minimum Gasteiger partial charge on any atom is -0.487 e. The molecule has 6 nitrogen and oxygen atoms in total. The summed E-state index contributed by atoms with van der Waals surface area (Å²) in [7, 11) is 0. The van der Waals surface area contributed by atoms with Crippen molar-refractivity contribution in [3.63, 3.8) is 0 Å². The van der Waals surface area contributed by atoms with Gasteiger partial charge in [-0.2, -0.15) is 0 Å². The highest BCUT2D eigenvalue weighted by Crippen LogP contribution is 2.38. The lowest BCUT2D eigenvalue weighted by molar-refractivity contribution is -0.203. The molecule has 3 aromatic carbocycles. The molecule has 1 unspecified atom stereocenters. The first-order valence-corrected chi connectivity index (χ1v) is 14.9. The maximum atomic E-state index is 13.1.